The van der Waals surface area contributed by atoms with Gasteiger partial charge >= 0.3 is 6.18 Å². The molecule has 0 amide bonds. The first-order chi connectivity index (χ1) is 8.79. The van der Waals surface area contributed by atoms with E-state index >= 15 is 0 Å². The van der Waals surface area contributed by atoms with E-state index in [2.05, 4.69) is 0 Å². The lowest BCUT2D eigenvalue weighted by Gasteiger charge is -2.23. The molecule has 0 fully saturated rings. The molecule has 1 aromatic rings. The Morgan fingerprint density at radius 1 is 0.900 bits per heavy atom. The molecule has 0 radical (unpaired) electrons. The highest BCUT2D eigenvalue weighted by Gasteiger charge is 2.32. The van der Waals surface area contributed by atoms with Gasteiger partial charge in [0.15, 0.2) is 0 Å². The molecule has 0 heterocycles. The fourth-order valence-corrected chi connectivity index (χ4v) is 1.90. The summed E-state index contributed by atoms with van der Waals surface area (Å²) in [6.07, 6.45) is -3.11. The molecule has 1 nitrogen and oxygen atoms in total. The molecule has 1 aromatic carbocycles. The third-order valence-corrected chi connectivity index (χ3v) is 3.24. The first kappa shape index (κ1) is 17.0. The van der Waals surface area contributed by atoms with E-state index in [4.69, 9.17) is 5.73 Å². The maximum Gasteiger partial charge on any atom is 0.416 e. The summed E-state index contributed by atoms with van der Waals surface area (Å²) in [5.74, 6) is 0. The third kappa shape index (κ3) is 5.16. The maximum atomic E-state index is 13.0. The molecule has 0 aliphatic heterocycles. The first-order valence-electron chi connectivity index (χ1n) is 6.79. The van der Waals surface area contributed by atoms with Gasteiger partial charge in [-0.15, -0.1) is 0 Å². The van der Waals surface area contributed by atoms with E-state index in [1.165, 1.54) is 12.1 Å². The molecule has 4 heteroatoms. The molecule has 0 aliphatic carbocycles. The lowest BCUT2D eigenvalue weighted by Crippen LogP contribution is -2.32. The van der Waals surface area contributed by atoms with Gasteiger partial charge in [-0.2, -0.15) is 13.2 Å². The minimum atomic E-state index is -4.31. The molecule has 20 heavy (non-hydrogen) atoms. The highest BCUT2D eigenvalue weighted by atomic mass is 19.4. The smallest absolute Gasteiger partial charge is 0.326 e. The summed E-state index contributed by atoms with van der Waals surface area (Å²) in [5.41, 5.74) is 6.05. The van der Waals surface area contributed by atoms with Crippen molar-refractivity contribution in [3.05, 3.63) is 34.9 Å². The Morgan fingerprint density at radius 2 is 1.40 bits per heavy atom. The predicted octanol–water partition coefficient (Wildman–Crippen LogP) is 4.67. The Bertz CT molecular complexity index is 430. The molecular formula is C16H24F3N. The Kier molecular flexibility index (Phi) is 4.59. The van der Waals surface area contributed by atoms with Gasteiger partial charge in [0.1, 0.15) is 0 Å². The van der Waals surface area contributed by atoms with Crippen LogP contribution in [0.4, 0.5) is 13.2 Å². The molecule has 0 atom stereocenters. The second-order valence-corrected chi connectivity index (χ2v) is 7.15. The molecule has 0 unspecified atom stereocenters. The van der Waals surface area contributed by atoms with Gasteiger partial charge < -0.3 is 5.73 Å². The van der Waals surface area contributed by atoms with E-state index < -0.39 is 11.7 Å². The number of alkyl halides is 3. The van der Waals surface area contributed by atoms with Crippen molar-refractivity contribution >= 4 is 0 Å². The van der Waals surface area contributed by atoms with Gasteiger partial charge in [0.05, 0.1) is 5.56 Å². The van der Waals surface area contributed by atoms with Crippen LogP contribution in [0, 0.1) is 0 Å². The van der Waals surface area contributed by atoms with Crippen molar-refractivity contribution in [3.8, 4) is 0 Å². The number of hydrogen-bond acceptors (Lipinski definition) is 1. The van der Waals surface area contributed by atoms with Crippen LogP contribution in [-0.2, 0) is 18.0 Å². The number of aryl methyl sites for hydroxylation is 1. The van der Waals surface area contributed by atoms with Crippen molar-refractivity contribution in [3.63, 3.8) is 0 Å². The Balaban J connectivity index is 3.18. The van der Waals surface area contributed by atoms with Crippen LogP contribution in [0.3, 0.4) is 0 Å². The van der Waals surface area contributed by atoms with Gasteiger partial charge in [0.2, 0.25) is 0 Å². The van der Waals surface area contributed by atoms with E-state index in [-0.39, 0.29) is 11.0 Å². The highest BCUT2D eigenvalue weighted by molar-refractivity contribution is 5.35. The normalized spacial score (nSPS) is 13.7. The first-order valence-corrected chi connectivity index (χ1v) is 6.79. The van der Waals surface area contributed by atoms with E-state index in [0.717, 1.165) is 0 Å². The largest absolute Gasteiger partial charge is 0.416 e. The van der Waals surface area contributed by atoms with Gasteiger partial charge in [-0.25, -0.2) is 0 Å². The summed E-state index contributed by atoms with van der Waals surface area (Å²) in [4.78, 5) is 0. The second-order valence-electron chi connectivity index (χ2n) is 7.15. The molecule has 0 aliphatic rings. The molecule has 0 saturated heterocycles. The van der Waals surface area contributed by atoms with Crippen molar-refractivity contribution in [2.75, 3.05) is 0 Å². The van der Waals surface area contributed by atoms with E-state index in [9.17, 15) is 13.2 Å². The van der Waals surface area contributed by atoms with Crippen molar-refractivity contribution in [1.29, 1.82) is 0 Å². The summed E-state index contributed by atoms with van der Waals surface area (Å²) in [6.45, 7) is 9.51. The molecule has 0 spiro atoms. The van der Waals surface area contributed by atoms with Crippen molar-refractivity contribution in [1.82, 2.24) is 0 Å². The van der Waals surface area contributed by atoms with Crippen LogP contribution < -0.4 is 5.73 Å². The number of benzene rings is 1. The minimum Gasteiger partial charge on any atom is -0.326 e. The average Bonchev–Trinajstić information content (AvgIpc) is 2.22. The number of nitrogens with two attached hydrogens (primary N) is 1. The van der Waals surface area contributed by atoms with Crippen molar-refractivity contribution < 1.29 is 13.2 Å². The quantitative estimate of drug-likeness (QED) is 0.858. The molecule has 1 rings (SSSR count). The van der Waals surface area contributed by atoms with Crippen LogP contribution in [0.15, 0.2) is 18.2 Å². The zero-order valence-electron chi connectivity index (χ0n) is 12.9. The summed E-state index contributed by atoms with van der Waals surface area (Å²) in [7, 11) is 0. The van der Waals surface area contributed by atoms with Gasteiger partial charge in [-0.3, -0.25) is 0 Å². The Morgan fingerprint density at radius 3 is 1.80 bits per heavy atom. The average molecular weight is 287 g/mol. The van der Waals surface area contributed by atoms with Crippen LogP contribution in [0.5, 0.6) is 0 Å². The molecule has 0 saturated carbocycles. The fraction of sp³-hybridized carbons (Fsp3) is 0.625. The minimum absolute atomic E-state index is 0.311. The van der Waals surface area contributed by atoms with Gasteiger partial charge in [0.25, 0.3) is 0 Å². The van der Waals surface area contributed by atoms with Gasteiger partial charge in [-0.1, -0.05) is 26.8 Å². The zero-order chi connectivity index (χ0) is 15.8. The van der Waals surface area contributed by atoms with Crippen LogP contribution in [0.1, 0.15) is 57.7 Å². The van der Waals surface area contributed by atoms with E-state index in [1.54, 1.807) is 0 Å². The second kappa shape index (κ2) is 5.40. The fourth-order valence-electron chi connectivity index (χ4n) is 1.90. The highest BCUT2D eigenvalue weighted by Crippen LogP contribution is 2.34. The predicted molar refractivity (Wildman–Crippen MR) is 76.7 cm³/mol. The van der Waals surface area contributed by atoms with Crippen molar-refractivity contribution in [2.24, 2.45) is 5.73 Å². The van der Waals surface area contributed by atoms with Gasteiger partial charge in [0, 0.05) is 5.54 Å². The number of rotatable bonds is 3. The maximum absolute atomic E-state index is 13.0. The topological polar surface area (TPSA) is 26.0 Å². The molecule has 2 N–H and O–H groups in total. The van der Waals surface area contributed by atoms with Crippen LogP contribution in [0.2, 0.25) is 0 Å². The van der Waals surface area contributed by atoms with E-state index in [1.807, 2.05) is 40.7 Å². The van der Waals surface area contributed by atoms with E-state index in [0.29, 0.717) is 24.0 Å². The summed E-state index contributed by atoms with van der Waals surface area (Å²) < 4.78 is 39.0. The van der Waals surface area contributed by atoms with Crippen LogP contribution in [-0.4, -0.2) is 5.54 Å². The summed E-state index contributed by atoms with van der Waals surface area (Å²) >= 11 is 0. The summed E-state index contributed by atoms with van der Waals surface area (Å²) in [5, 5.41) is 0. The molecule has 0 bridgehead atoms. The number of halogens is 3. The lowest BCUT2D eigenvalue weighted by atomic mass is 9.84. The number of hydrogen-bond donors (Lipinski definition) is 1. The summed E-state index contributed by atoms with van der Waals surface area (Å²) in [6, 6.07) is 4.35. The van der Waals surface area contributed by atoms with Crippen molar-refractivity contribution in [2.45, 2.75) is 64.6 Å². The zero-order valence-corrected chi connectivity index (χ0v) is 12.9. The lowest BCUT2D eigenvalue weighted by molar-refractivity contribution is -0.137. The van der Waals surface area contributed by atoms with Crippen LogP contribution >= 0.6 is 0 Å². The molecular weight excluding hydrogens is 263 g/mol. The Labute approximate surface area is 119 Å². The monoisotopic (exact) mass is 287 g/mol. The third-order valence-electron chi connectivity index (χ3n) is 3.24. The van der Waals surface area contributed by atoms with Gasteiger partial charge in [-0.05, 0) is 55.4 Å². The standard InChI is InChI=1S/C16H24F3N/c1-14(2,3)12-8-11(6-7-15(4,5)20)9-13(10-12)16(17,18)19/h8-10H,6-7,20H2,1-5H3. The SMILES string of the molecule is CC(C)(N)CCc1cc(C(C)(C)C)cc(C(F)(F)F)c1. The Hall–Kier alpha value is -1.03. The molecule has 0 aromatic heterocycles. The van der Waals surface area contributed by atoms with Crippen LogP contribution in [0.25, 0.3) is 0 Å². The molecule has 114 valence electrons.